The average molecular weight is 388 g/mol. The molecule has 1 aromatic rings. The summed E-state index contributed by atoms with van der Waals surface area (Å²) in [6.07, 6.45) is 4.70. The summed E-state index contributed by atoms with van der Waals surface area (Å²) >= 11 is 1.64. The number of rotatable bonds is 4. The Morgan fingerprint density at radius 1 is 1.26 bits per heavy atom. The molecule has 2 N–H and O–H groups in total. The SMILES string of the molecule is O=C(C1CCN[C@H]1C(=O)N1CSC[C@H]1C=NO)[C@H]1CCc2ccccc2C1. The zero-order chi connectivity index (χ0) is 18.8. The number of hydrogen-bond acceptors (Lipinski definition) is 6. The molecular formula is C20H25N3O3S. The van der Waals surface area contributed by atoms with E-state index in [2.05, 4.69) is 28.7 Å². The van der Waals surface area contributed by atoms with Crippen molar-refractivity contribution in [2.75, 3.05) is 18.2 Å². The number of nitrogens with zero attached hydrogens (tertiary/aromatic N) is 2. The number of carbonyl (C=O) groups is 2. The molecule has 27 heavy (non-hydrogen) atoms. The lowest BCUT2D eigenvalue weighted by Crippen LogP contribution is -2.51. The molecule has 2 aliphatic heterocycles. The molecule has 0 radical (unpaired) electrons. The van der Waals surface area contributed by atoms with Gasteiger partial charge >= 0.3 is 0 Å². The minimum atomic E-state index is -0.456. The summed E-state index contributed by atoms with van der Waals surface area (Å²) < 4.78 is 0. The van der Waals surface area contributed by atoms with Crippen LogP contribution >= 0.6 is 11.8 Å². The number of thioether (sulfide) groups is 1. The average Bonchev–Trinajstić information content (AvgIpc) is 3.36. The Hall–Kier alpha value is -1.86. The number of oxime groups is 1. The van der Waals surface area contributed by atoms with Gasteiger partial charge in [-0.2, -0.15) is 0 Å². The minimum absolute atomic E-state index is 0.00264. The van der Waals surface area contributed by atoms with Crippen LogP contribution in [0, 0.1) is 11.8 Å². The molecule has 2 heterocycles. The standard InChI is InChI=1S/C20H25N3O3S/c24-19(15-6-5-13-3-1-2-4-14(13)9-15)17-7-8-21-18(17)20(25)23-12-27-11-16(23)10-22-26/h1-4,10,15-18,21,26H,5-9,11-12H2/t15-,16+,17?,18+/m0/s1. The van der Waals surface area contributed by atoms with E-state index in [1.165, 1.54) is 17.3 Å². The van der Waals surface area contributed by atoms with Gasteiger partial charge in [0.2, 0.25) is 5.91 Å². The number of aryl methyl sites for hydroxylation is 1. The second-order valence-corrected chi connectivity index (χ2v) is 8.58. The number of fused-ring (bicyclic) bond motifs is 1. The molecule has 0 saturated carbocycles. The Kier molecular flexibility index (Phi) is 5.50. The zero-order valence-corrected chi connectivity index (χ0v) is 16.0. The molecule has 7 heteroatoms. The van der Waals surface area contributed by atoms with Gasteiger partial charge in [0.15, 0.2) is 0 Å². The fourth-order valence-corrected chi connectivity index (χ4v) is 5.70. The summed E-state index contributed by atoms with van der Waals surface area (Å²) in [5.41, 5.74) is 2.62. The van der Waals surface area contributed by atoms with E-state index < -0.39 is 6.04 Å². The zero-order valence-electron chi connectivity index (χ0n) is 15.2. The molecule has 3 aliphatic rings. The lowest BCUT2D eigenvalue weighted by Gasteiger charge is -2.30. The Bertz CT molecular complexity index is 754. The number of carbonyl (C=O) groups excluding carboxylic acids is 2. The fraction of sp³-hybridized carbons (Fsp3) is 0.550. The largest absolute Gasteiger partial charge is 0.411 e. The maximum atomic E-state index is 13.3. The third kappa shape index (κ3) is 3.62. The molecule has 1 aliphatic carbocycles. The first-order valence-corrected chi connectivity index (χ1v) is 10.7. The van der Waals surface area contributed by atoms with Crippen molar-refractivity contribution in [1.29, 1.82) is 0 Å². The van der Waals surface area contributed by atoms with Crippen LogP contribution in [0.5, 0.6) is 0 Å². The van der Waals surface area contributed by atoms with Crippen molar-refractivity contribution in [2.24, 2.45) is 17.0 Å². The van der Waals surface area contributed by atoms with Gasteiger partial charge in [-0.25, -0.2) is 0 Å². The summed E-state index contributed by atoms with van der Waals surface area (Å²) in [7, 11) is 0. The summed E-state index contributed by atoms with van der Waals surface area (Å²) in [5, 5.41) is 15.2. The van der Waals surface area contributed by atoms with Gasteiger partial charge < -0.3 is 15.4 Å². The van der Waals surface area contributed by atoms with Gasteiger partial charge in [-0.1, -0.05) is 29.4 Å². The van der Waals surface area contributed by atoms with Crippen LogP contribution in [-0.4, -0.2) is 58.3 Å². The summed E-state index contributed by atoms with van der Waals surface area (Å²) in [4.78, 5) is 28.1. The Labute approximate surface area is 163 Å². The van der Waals surface area contributed by atoms with Crippen molar-refractivity contribution >= 4 is 29.7 Å². The highest BCUT2D eigenvalue weighted by Crippen LogP contribution is 2.32. The molecule has 144 valence electrons. The van der Waals surface area contributed by atoms with E-state index in [1.54, 1.807) is 16.7 Å². The van der Waals surface area contributed by atoms with Crippen molar-refractivity contribution in [2.45, 2.75) is 37.8 Å². The van der Waals surface area contributed by atoms with Crippen LogP contribution in [0.4, 0.5) is 0 Å². The van der Waals surface area contributed by atoms with E-state index in [4.69, 9.17) is 5.21 Å². The van der Waals surface area contributed by atoms with Gasteiger partial charge in [-0.15, -0.1) is 11.8 Å². The monoisotopic (exact) mass is 387 g/mol. The first-order chi connectivity index (χ1) is 13.2. The van der Waals surface area contributed by atoms with Crippen LogP contribution in [0.1, 0.15) is 24.0 Å². The lowest BCUT2D eigenvalue weighted by molar-refractivity contribution is -0.138. The van der Waals surface area contributed by atoms with Crippen molar-refractivity contribution in [3.63, 3.8) is 0 Å². The van der Waals surface area contributed by atoms with Crippen LogP contribution in [0.25, 0.3) is 0 Å². The maximum absolute atomic E-state index is 13.3. The first kappa shape index (κ1) is 18.5. The number of nitrogens with one attached hydrogen (secondary N) is 1. The van der Waals surface area contributed by atoms with Gasteiger partial charge in [0.25, 0.3) is 0 Å². The predicted octanol–water partition coefficient (Wildman–Crippen LogP) is 1.70. The van der Waals surface area contributed by atoms with E-state index in [0.29, 0.717) is 18.8 Å². The molecule has 1 aromatic carbocycles. The molecule has 1 unspecified atom stereocenters. The van der Waals surface area contributed by atoms with E-state index in [9.17, 15) is 9.59 Å². The lowest BCUT2D eigenvalue weighted by atomic mass is 9.77. The minimum Gasteiger partial charge on any atom is -0.411 e. The number of benzene rings is 1. The Morgan fingerprint density at radius 3 is 2.89 bits per heavy atom. The second kappa shape index (κ2) is 8.02. The van der Waals surface area contributed by atoms with E-state index in [0.717, 1.165) is 25.0 Å². The van der Waals surface area contributed by atoms with Gasteiger partial charge in [-0.05, 0) is 43.4 Å². The maximum Gasteiger partial charge on any atom is 0.241 e. The molecule has 4 atom stereocenters. The first-order valence-electron chi connectivity index (χ1n) is 9.58. The molecule has 2 saturated heterocycles. The fourth-order valence-electron chi connectivity index (χ4n) is 4.58. The highest BCUT2D eigenvalue weighted by atomic mass is 32.2. The third-order valence-corrected chi connectivity index (χ3v) is 7.08. The van der Waals surface area contributed by atoms with E-state index in [1.807, 2.05) is 6.07 Å². The van der Waals surface area contributed by atoms with Crippen molar-refractivity contribution < 1.29 is 14.8 Å². The van der Waals surface area contributed by atoms with Gasteiger partial charge in [-0.3, -0.25) is 9.59 Å². The number of ketones is 1. The van der Waals surface area contributed by atoms with Gasteiger partial charge in [0.05, 0.1) is 24.2 Å². The highest BCUT2D eigenvalue weighted by Gasteiger charge is 2.44. The summed E-state index contributed by atoms with van der Waals surface area (Å²) in [6.45, 7) is 0.690. The quantitative estimate of drug-likeness (QED) is 0.467. The van der Waals surface area contributed by atoms with E-state index in [-0.39, 0.29) is 29.6 Å². The molecule has 1 amide bonds. The van der Waals surface area contributed by atoms with Crippen LogP contribution in [0.3, 0.4) is 0 Å². The second-order valence-electron chi connectivity index (χ2n) is 7.58. The molecule has 0 spiro atoms. The predicted molar refractivity (Wildman–Crippen MR) is 105 cm³/mol. The van der Waals surface area contributed by atoms with Crippen molar-refractivity contribution in [1.82, 2.24) is 10.2 Å². The summed E-state index contributed by atoms with van der Waals surface area (Å²) in [5.74, 6) is 1.23. The Morgan fingerprint density at radius 2 is 2.07 bits per heavy atom. The molecule has 4 rings (SSSR count). The molecular weight excluding hydrogens is 362 g/mol. The molecule has 0 aromatic heterocycles. The Balaban J connectivity index is 1.47. The van der Waals surface area contributed by atoms with Crippen molar-refractivity contribution in [3.8, 4) is 0 Å². The smallest absolute Gasteiger partial charge is 0.241 e. The van der Waals surface area contributed by atoms with Crippen LogP contribution in [-0.2, 0) is 22.4 Å². The molecule has 2 fully saturated rings. The third-order valence-electron chi connectivity index (χ3n) is 6.04. The van der Waals surface area contributed by atoms with Crippen LogP contribution in [0.2, 0.25) is 0 Å². The number of amides is 1. The topological polar surface area (TPSA) is 82.0 Å². The van der Waals surface area contributed by atoms with Gasteiger partial charge in [0, 0.05) is 17.6 Å². The van der Waals surface area contributed by atoms with Crippen molar-refractivity contribution in [3.05, 3.63) is 35.4 Å². The number of Topliss-reactive ketones (excluding diaryl/α,β-unsaturated/α-hetero) is 1. The molecule has 0 bridgehead atoms. The van der Waals surface area contributed by atoms with Crippen LogP contribution in [0.15, 0.2) is 29.4 Å². The number of hydrogen-bond donors (Lipinski definition) is 2. The highest BCUT2D eigenvalue weighted by molar-refractivity contribution is 7.99. The summed E-state index contributed by atoms with van der Waals surface area (Å²) in [6, 6.07) is 7.69. The van der Waals surface area contributed by atoms with E-state index >= 15 is 0 Å². The molecule has 6 nitrogen and oxygen atoms in total. The normalized spacial score (nSPS) is 30.6. The van der Waals surface area contributed by atoms with Gasteiger partial charge in [0.1, 0.15) is 5.78 Å². The van der Waals surface area contributed by atoms with Crippen LogP contribution < -0.4 is 5.32 Å².